The first-order valence-electron chi connectivity index (χ1n) is 10.6. The summed E-state index contributed by atoms with van der Waals surface area (Å²) in [6.45, 7) is 1.72. The predicted octanol–water partition coefficient (Wildman–Crippen LogP) is 0.961. The lowest BCUT2D eigenvalue weighted by Gasteiger charge is -2.26. The fourth-order valence-electron chi connectivity index (χ4n) is 3.89. The van der Waals surface area contributed by atoms with Crippen LogP contribution < -0.4 is 20.5 Å². The van der Waals surface area contributed by atoms with Crippen molar-refractivity contribution >= 4 is 40.7 Å². The van der Waals surface area contributed by atoms with Gasteiger partial charge < -0.3 is 25.4 Å². The number of aromatic nitrogens is 1. The van der Waals surface area contributed by atoms with Crippen molar-refractivity contribution < 1.29 is 29.3 Å². The van der Waals surface area contributed by atoms with Crippen molar-refractivity contribution in [1.82, 2.24) is 4.57 Å². The van der Waals surface area contributed by atoms with Crippen LogP contribution in [0.1, 0.15) is 24.0 Å². The number of phenols is 2. The summed E-state index contributed by atoms with van der Waals surface area (Å²) in [4.78, 5) is 39.5. The highest BCUT2D eigenvalue weighted by Gasteiger charge is 2.39. The van der Waals surface area contributed by atoms with E-state index in [-0.39, 0.29) is 44.3 Å². The molecule has 1 aliphatic heterocycles. The van der Waals surface area contributed by atoms with Gasteiger partial charge in [0.2, 0.25) is 0 Å². The number of fused-ring (bicyclic) bond motifs is 1. The molecule has 9 nitrogen and oxygen atoms in total. The summed E-state index contributed by atoms with van der Waals surface area (Å²) >= 11 is 1.03. The van der Waals surface area contributed by atoms with E-state index in [1.807, 2.05) is 0 Å². The van der Waals surface area contributed by atoms with Crippen LogP contribution in [-0.2, 0) is 19.1 Å². The molecule has 2 aromatic carbocycles. The molecule has 0 unspecified atom stereocenters. The third-order valence-corrected chi connectivity index (χ3v) is 6.57. The van der Waals surface area contributed by atoms with E-state index in [0.29, 0.717) is 11.1 Å². The number of ether oxygens (including phenoxy) is 2. The van der Waals surface area contributed by atoms with E-state index in [1.54, 1.807) is 37.3 Å². The summed E-state index contributed by atoms with van der Waals surface area (Å²) in [6.07, 6.45) is 1.60. The second-order valence-electron chi connectivity index (χ2n) is 7.60. The number of esters is 2. The molecule has 1 aromatic heterocycles. The Balaban J connectivity index is 2.11. The number of phenolic OH excluding ortho intramolecular Hbond substituents is 2. The molecule has 0 fully saturated rings. The first-order chi connectivity index (χ1) is 16.8. The van der Waals surface area contributed by atoms with E-state index < -0.39 is 23.4 Å². The van der Waals surface area contributed by atoms with Crippen molar-refractivity contribution in [2.45, 2.75) is 12.8 Å². The second kappa shape index (κ2) is 9.51. The lowest BCUT2D eigenvalue weighted by Crippen LogP contribution is -2.41. The topological polar surface area (TPSA) is 141 Å². The van der Waals surface area contributed by atoms with E-state index in [9.17, 15) is 24.6 Å². The molecule has 0 radical (unpaired) electrons. The number of aromatic hydroxyl groups is 2. The minimum atomic E-state index is -0.998. The first-order valence-corrected chi connectivity index (χ1v) is 11.4. The Morgan fingerprint density at radius 2 is 1.63 bits per heavy atom. The molecular formula is C25H22N2O7S. The Bertz CT molecular complexity index is 1510. The maximum Gasteiger partial charge on any atom is 0.338 e. The van der Waals surface area contributed by atoms with E-state index in [0.717, 1.165) is 15.9 Å². The Labute approximate surface area is 203 Å². The molecule has 2 heterocycles. The van der Waals surface area contributed by atoms with Crippen molar-refractivity contribution in [3.63, 3.8) is 0 Å². The highest BCUT2D eigenvalue weighted by molar-refractivity contribution is 7.07. The van der Waals surface area contributed by atoms with Gasteiger partial charge in [-0.1, -0.05) is 24.3 Å². The lowest BCUT2D eigenvalue weighted by molar-refractivity contribution is -0.136. The van der Waals surface area contributed by atoms with Gasteiger partial charge in [-0.2, -0.15) is 0 Å². The number of methoxy groups -OCH3 is 1. The first kappa shape index (κ1) is 23.8. The Hall–Kier alpha value is -4.31. The zero-order valence-electron chi connectivity index (χ0n) is 18.8. The fourth-order valence-corrected chi connectivity index (χ4v) is 5.05. The number of hydrogen-bond acceptors (Lipinski definition) is 9. The smallest absolute Gasteiger partial charge is 0.338 e. The number of thiazole rings is 1. The zero-order chi connectivity index (χ0) is 25.3. The summed E-state index contributed by atoms with van der Waals surface area (Å²) in [5, 5.41) is 19.3. The third-order valence-electron chi connectivity index (χ3n) is 5.47. The summed E-state index contributed by atoms with van der Waals surface area (Å²) in [5.41, 5.74) is 6.93. The van der Waals surface area contributed by atoms with E-state index in [2.05, 4.69) is 0 Å². The van der Waals surface area contributed by atoms with Gasteiger partial charge in [0.1, 0.15) is 22.0 Å². The molecule has 0 aliphatic carbocycles. The number of nitrogens with zero attached hydrogens (tertiary/aromatic N) is 1. The van der Waals surface area contributed by atoms with Crippen LogP contribution >= 0.6 is 11.3 Å². The van der Waals surface area contributed by atoms with Crippen molar-refractivity contribution in [2.75, 3.05) is 13.7 Å². The van der Waals surface area contributed by atoms with Crippen LogP contribution in [0.4, 0.5) is 0 Å². The van der Waals surface area contributed by atoms with Gasteiger partial charge in [-0.25, -0.2) is 9.59 Å². The number of carbonyl (C=O) groups excluding carboxylic acids is 2. The summed E-state index contributed by atoms with van der Waals surface area (Å²) in [5.74, 6) is -2.61. The van der Waals surface area contributed by atoms with Gasteiger partial charge >= 0.3 is 11.9 Å². The van der Waals surface area contributed by atoms with Crippen LogP contribution in [-0.4, -0.2) is 40.4 Å². The molecule has 1 aliphatic rings. The van der Waals surface area contributed by atoms with Crippen LogP contribution in [0.3, 0.4) is 0 Å². The summed E-state index contributed by atoms with van der Waals surface area (Å²) in [7, 11) is 1.18. The monoisotopic (exact) mass is 494 g/mol. The molecule has 0 bridgehead atoms. The number of nitrogens with two attached hydrogens (primary N) is 1. The van der Waals surface area contributed by atoms with Crippen LogP contribution in [0.25, 0.3) is 17.5 Å². The number of carbonyl (C=O) groups is 2. The Morgan fingerprint density at radius 3 is 2.20 bits per heavy atom. The molecular weight excluding hydrogens is 472 g/mol. The average Bonchev–Trinajstić information content (AvgIpc) is 3.16. The maximum absolute atomic E-state index is 13.4. The average molecular weight is 495 g/mol. The van der Waals surface area contributed by atoms with Gasteiger partial charge in [-0.3, -0.25) is 9.36 Å². The molecule has 0 spiro atoms. The summed E-state index contributed by atoms with van der Waals surface area (Å²) < 4.78 is 11.9. The van der Waals surface area contributed by atoms with Gasteiger partial charge in [0.05, 0.1) is 35.3 Å². The molecule has 4 N–H and O–H groups in total. The van der Waals surface area contributed by atoms with Gasteiger partial charge in [-0.05, 0) is 48.4 Å². The number of benzene rings is 2. The molecule has 0 saturated carbocycles. The third kappa shape index (κ3) is 4.31. The quantitative estimate of drug-likeness (QED) is 0.446. The standard InChI is InChI=1S/C25H22N2O7S/c1-3-34-25(32)20-18(14-6-10-16(29)11-7-14)19(24(31)33-2)21(26)27-22(30)17(35-23(20)27)12-13-4-8-15(28)9-5-13/h4-12,18,28-29H,3,26H2,1-2H3/b17-12+/t18-/m1/s1. The Kier molecular flexibility index (Phi) is 6.48. The van der Waals surface area contributed by atoms with Crippen molar-refractivity contribution in [3.05, 3.63) is 84.8 Å². The van der Waals surface area contributed by atoms with E-state index in [1.165, 1.54) is 31.4 Å². The second-order valence-corrected chi connectivity index (χ2v) is 8.63. The van der Waals surface area contributed by atoms with Crippen LogP contribution in [0.2, 0.25) is 0 Å². The van der Waals surface area contributed by atoms with Crippen LogP contribution in [0.5, 0.6) is 11.5 Å². The fraction of sp³-hybridized carbons (Fsp3) is 0.160. The van der Waals surface area contributed by atoms with Gasteiger partial charge in [-0.15, -0.1) is 11.3 Å². The maximum atomic E-state index is 13.4. The van der Waals surface area contributed by atoms with Gasteiger partial charge in [0, 0.05) is 0 Å². The van der Waals surface area contributed by atoms with Crippen molar-refractivity contribution in [2.24, 2.45) is 5.73 Å². The summed E-state index contributed by atoms with van der Waals surface area (Å²) in [6, 6.07) is 12.2. The van der Waals surface area contributed by atoms with Gasteiger partial charge in [0.15, 0.2) is 0 Å². The minimum absolute atomic E-state index is 0.00219. The molecule has 10 heteroatoms. The van der Waals surface area contributed by atoms with Gasteiger partial charge in [0.25, 0.3) is 5.56 Å². The molecule has 35 heavy (non-hydrogen) atoms. The normalized spacial score (nSPS) is 15.7. The van der Waals surface area contributed by atoms with Crippen molar-refractivity contribution in [1.29, 1.82) is 0 Å². The minimum Gasteiger partial charge on any atom is -0.508 e. The zero-order valence-corrected chi connectivity index (χ0v) is 19.7. The Morgan fingerprint density at radius 1 is 1.03 bits per heavy atom. The largest absolute Gasteiger partial charge is 0.508 e. The number of hydrogen-bond donors (Lipinski definition) is 3. The molecule has 0 amide bonds. The van der Waals surface area contributed by atoms with Crippen molar-refractivity contribution in [3.8, 4) is 11.5 Å². The highest BCUT2D eigenvalue weighted by atomic mass is 32.1. The lowest BCUT2D eigenvalue weighted by atomic mass is 9.83. The highest BCUT2D eigenvalue weighted by Crippen LogP contribution is 2.38. The molecule has 3 aromatic rings. The molecule has 0 saturated heterocycles. The molecule has 1 atom stereocenters. The van der Waals surface area contributed by atoms with E-state index in [4.69, 9.17) is 15.2 Å². The van der Waals surface area contributed by atoms with E-state index >= 15 is 0 Å². The predicted molar refractivity (Wildman–Crippen MR) is 130 cm³/mol. The molecule has 180 valence electrons. The number of rotatable bonds is 5. The SMILES string of the molecule is CCOC(=O)C1=c2s/c(=C/c3ccc(O)cc3)c(=O)n2C(N)=C(C(=O)OC)[C@H]1c1ccc(O)cc1. The van der Waals surface area contributed by atoms with Crippen LogP contribution in [0.15, 0.2) is 58.9 Å². The van der Waals surface area contributed by atoms with Crippen LogP contribution in [0, 0.1) is 0 Å². The molecule has 4 rings (SSSR count).